The van der Waals surface area contributed by atoms with Crippen LogP contribution in [-0.2, 0) is 10.0 Å². The molecular formula is C9H10BrClFNO2S. The van der Waals surface area contributed by atoms with Crippen molar-refractivity contribution in [3.63, 3.8) is 0 Å². The fourth-order valence-electron chi connectivity index (χ4n) is 1.09. The Morgan fingerprint density at radius 3 is 2.69 bits per heavy atom. The summed E-state index contributed by atoms with van der Waals surface area (Å²) in [5.41, 5.74) is 0.170. The van der Waals surface area contributed by atoms with Gasteiger partial charge < -0.3 is 0 Å². The maximum atomic E-state index is 13.0. The normalized spacial score (nSPS) is 11.5. The number of rotatable bonds is 4. The highest BCUT2D eigenvalue weighted by molar-refractivity contribution is 9.10. The number of halogens is 3. The van der Waals surface area contributed by atoms with E-state index < -0.39 is 15.8 Å². The minimum Gasteiger partial charge on any atom is -0.282 e. The zero-order valence-corrected chi connectivity index (χ0v) is 11.6. The lowest BCUT2D eigenvalue weighted by Gasteiger charge is -2.10. The molecule has 0 radical (unpaired) electrons. The van der Waals surface area contributed by atoms with Crippen LogP contribution in [0, 0.1) is 5.82 Å². The molecular weight excluding hydrogens is 321 g/mol. The maximum Gasteiger partial charge on any atom is 0.232 e. The van der Waals surface area contributed by atoms with Gasteiger partial charge in [0, 0.05) is 0 Å². The largest absolute Gasteiger partial charge is 0.282 e. The first-order chi connectivity index (χ1) is 7.37. The molecule has 90 valence electrons. The van der Waals surface area contributed by atoms with E-state index in [0.717, 1.165) is 6.07 Å². The van der Waals surface area contributed by atoms with Crippen LogP contribution in [0.15, 0.2) is 16.6 Å². The van der Waals surface area contributed by atoms with Crippen molar-refractivity contribution in [3.05, 3.63) is 27.4 Å². The van der Waals surface area contributed by atoms with Crippen LogP contribution in [0.3, 0.4) is 0 Å². The number of hydrogen-bond donors (Lipinski definition) is 1. The van der Waals surface area contributed by atoms with E-state index in [1.54, 1.807) is 6.92 Å². The van der Waals surface area contributed by atoms with Gasteiger partial charge >= 0.3 is 0 Å². The minimum absolute atomic E-state index is 0.00166. The molecule has 1 aromatic carbocycles. The van der Waals surface area contributed by atoms with E-state index >= 15 is 0 Å². The van der Waals surface area contributed by atoms with Crippen molar-refractivity contribution >= 4 is 43.2 Å². The minimum atomic E-state index is -3.41. The smallest absolute Gasteiger partial charge is 0.232 e. The van der Waals surface area contributed by atoms with Crippen LogP contribution < -0.4 is 4.72 Å². The molecule has 0 spiro atoms. The molecule has 0 heterocycles. The Bertz CT molecular complexity index is 493. The first kappa shape index (κ1) is 13.7. The van der Waals surface area contributed by atoms with E-state index in [-0.39, 0.29) is 20.9 Å². The van der Waals surface area contributed by atoms with Crippen LogP contribution in [0.1, 0.15) is 13.3 Å². The molecule has 0 saturated heterocycles. The molecule has 0 fully saturated rings. The van der Waals surface area contributed by atoms with Crippen LogP contribution >= 0.6 is 27.5 Å². The number of sulfonamides is 1. The van der Waals surface area contributed by atoms with E-state index in [4.69, 9.17) is 11.6 Å². The Labute approximate surface area is 107 Å². The van der Waals surface area contributed by atoms with Gasteiger partial charge in [0.05, 0.1) is 20.9 Å². The Kier molecular flexibility index (Phi) is 4.58. The summed E-state index contributed by atoms with van der Waals surface area (Å²) in [5.74, 6) is -0.540. The molecule has 1 N–H and O–H groups in total. The molecule has 0 saturated carbocycles. The fraction of sp³-hybridized carbons (Fsp3) is 0.333. The van der Waals surface area contributed by atoms with Gasteiger partial charge in [-0.05, 0) is 34.5 Å². The highest BCUT2D eigenvalue weighted by Crippen LogP contribution is 2.32. The predicted octanol–water partition coefficient (Wildman–Crippen LogP) is 3.39. The average molecular weight is 331 g/mol. The Morgan fingerprint density at radius 2 is 2.12 bits per heavy atom. The summed E-state index contributed by atoms with van der Waals surface area (Å²) in [7, 11) is -3.41. The topological polar surface area (TPSA) is 46.2 Å². The van der Waals surface area contributed by atoms with Crippen molar-refractivity contribution in [2.45, 2.75) is 13.3 Å². The Morgan fingerprint density at radius 1 is 1.50 bits per heavy atom. The molecule has 1 aromatic rings. The molecule has 0 aromatic heterocycles. The number of hydrogen-bond acceptors (Lipinski definition) is 2. The first-order valence-electron chi connectivity index (χ1n) is 4.51. The van der Waals surface area contributed by atoms with Crippen LogP contribution in [0.2, 0.25) is 5.02 Å². The number of benzene rings is 1. The predicted molar refractivity (Wildman–Crippen MR) is 66.8 cm³/mol. The van der Waals surface area contributed by atoms with Crippen LogP contribution in [-0.4, -0.2) is 14.2 Å². The molecule has 0 bridgehead atoms. The van der Waals surface area contributed by atoms with Crippen molar-refractivity contribution < 1.29 is 12.8 Å². The lowest BCUT2D eigenvalue weighted by molar-refractivity contribution is 0.599. The molecule has 1 rings (SSSR count). The molecule has 0 aliphatic carbocycles. The molecule has 7 heteroatoms. The second kappa shape index (κ2) is 5.33. The molecule has 0 aliphatic rings. The van der Waals surface area contributed by atoms with Crippen LogP contribution in [0.4, 0.5) is 10.1 Å². The van der Waals surface area contributed by atoms with Gasteiger partial charge in [-0.3, -0.25) is 4.72 Å². The molecule has 0 unspecified atom stereocenters. The van der Waals surface area contributed by atoms with Gasteiger partial charge in [-0.25, -0.2) is 12.8 Å². The highest BCUT2D eigenvalue weighted by Gasteiger charge is 2.14. The van der Waals surface area contributed by atoms with Gasteiger partial charge in [-0.2, -0.15) is 0 Å². The zero-order chi connectivity index (χ0) is 12.3. The van der Waals surface area contributed by atoms with Crippen LogP contribution in [0.25, 0.3) is 0 Å². The standard InChI is InChI=1S/C9H10BrClFNO2S/c1-2-5-16(14,15)13-7-4-3-6(12)8(10)9(7)11/h3-4,13H,2,5H2,1H3. The molecule has 0 atom stereocenters. The molecule has 16 heavy (non-hydrogen) atoms. The average Bonchev–Trinajstić information content (AvgIpc) is 2.19. The Hall–Kier alpha value is -0.330. The van der Waals surface area contributed by atoms with Gasteiger partial charge in [0.2, 0.25) is 10.0 Å². The van der Waals surface area contributed by atoms with E-state index in [1.165, 1.54) is 6.07 Å². The van der Waals surface area contributed by atoms with E-state index in [2.05, 4.69) is 20.7 Å². The lowest BCUT2D eigenvalue weighted by atomic mass is 10.3. The summed E-state index contributed by atoms with van der Waals surface area (Å²) in [6.07, 6.45) is 0.495. The van der Waals surface area contributed by atoms with Crippen molar-refractivity contribution in [2.75, 3.05) is 10.5 Å². The molecule has 3 nitrogen and oxygen atoms in total. The van der Waals surface area contributed by atoms with Crippen LogP contribution in [0.5, 0.6) is 0 Å². The van der Waals surface area contributed by atoms with E-state index in [9.17, 15) is 12.8 Å². The van der Waals surface area contributed by atoms with Crippen molar-refractivity contribution in [2.24, 2.45) is 0 Å². The van der Waals surface area contributed by atoms with E-state index in [1.807, 2.05) is 0 Å². The maximum absolute atomic E-state index is 13.0. The third-order valence-electron chi connectivity index (χ3n) is 1.77. The first-order valence-corrected chi connectivity index (χ1v) is 7.33. The van der Waals surface area contributed by atoms with Gasteiger partial charge in [0.1, 0.15) is 5.82 Å². The second-order valence-corrected chi connectivity index (χ2v) is 6.16. The fourth-order valence-corrected chi connectivity index (χ4v) is 2.84. The van der Waals surface area contributed by atoms with Crippen molar-refractivity contribution in [1.29, 1.82) is 0 Å². The summed E-state index contributed by atoms with van der Waals surface area (Å²) in [6, 6.07) is 2.43. The highest BCUT2D eigenvalue weighted by atomic mass is 79.9. The summed E-state index contributed by atoms with van der Waals surface area (Å²) >= 11 is 8.73. The van der Waals surface area contributed by atoms with Gasteiger partial charge in [0.25, 0.3) is 0 Å². The number of anilines is 1. The van der Waals surface area contributed by atoms with E-state index in [0.29, 0.717) is 6.42 Å². The Balaban J connectivity index is 3.04. The van der Waals surface area contributed by atoms with Crippen molar-refractivity contribution in [1.82, 2.24) is 0 Å². The zero-order valence-electron chi connectivity index (χ0n) is 8.43. The molecule has 0 aliphatic heterocycles. The lowest BCUT2D eigenvalue weighted by Crippen LogP contribution is -2.16. The third-order valence-corrected chi connectivity index (χ3v) is 4.65. The molecule has 0 amide bonds. The quantitative estimate of drug-likeness (QED) is 0.860. The summed E-state index contributed by atoms with van der Waals surface area (Å²) in [4.78, 5) is 0. The monoisotopic (exact) mass is 329 g/mol. The number of nitrogens with one attached hydrogen (secondary N) is 1. The van der Waals surface area contributed by atoms with Crippen molar-refractivity contribution in [3.8, 4) is 0 Å². The van der Waals surface area contributed by atoms with Gasteiger partial charge in [-0.1, -0.05) is 18.5 Å². The second-order valence-electron chi connectivity index (χ2n) is 3.14. The third kappa shape index (κ3) is 3.33. The summed E-state index contributed by atoms with van der Waals surface area (Å²) in [5, 5.41) is 0.0136. The van der Waals surface area contributed by atoms with Gasteiger partial charge in [-0.15, -0.1) is 0 Å². The summed E-state index contributed by atoms with van der Waals surface area (Å²) in [6.45, 7) is 1.75. The SMILES string of the molecule is CCCS(=O)(=O)Nc1ccc(F)c(Br)c1Cl. The summed E-state index contributed by atoms with van der Waals surface area (Å²) < 4.78 is 38.3. The van der Waals surface area contributed by atoms with Gasteiger partial charge in [0.15, 0.2) is 0 Å².